The van der Waals surface area contributed by atoms with Gasteiger partial charge in [0, 0.05) is 15.7 Å². The number of rotatable bonds is 7. The summed E-state index contributed by atoms with van der Waals surface area (Å²) >= 11 is 11.0. The molecule has 1 atom stereocenters. The summed E-state index contributed by atoms with van der Waals surface area (Å²) in [5.41, 5.74) is 5.36. The Labute approximate surface area is 206 Å². The topological polar surface area (TPSA) is 33.1 Å². The fraction of sp³-hybridized carbons (Fsp3) is 0.207. The van der Waals surface area contributed by atoms with Crippen LogP contribution in [0.25, 0.3) is 23.1 Å². The lowest BCUT2D eigenvalue weighted by molar-refractivity contribution is 0.0776. The number of aryl methyl sites for hydroxylation is 1. The van der Waals surface area contributed by atoms with Gasteiger partial charge in [-0.15, -0.1) is 0 Å². The summed E-state index contributed by atoms with van der Waals surface area (Å²) in [6, 6.07) is 26.4. The maximum atomic E-state index is 10.5. The molecular formula is C29H28ClNOS. The highest BCUT2D eigenvalue weighted by Gasteiger charge is 2.19. The van der Waals surface area contributed by atoms with Crippen LogP contribution >= 0.6 is 24.2 Å². The molecule has 4 rings (SSSR count). The predicted molar refractivity (Wildman–Crippen MR) is 144 cm³/mol. The van der Waals surface area contributed by atoms with Gasteiger partial charge in [-0.25, -0.2) is 4.98 Å². The zero-order valence-corrected chi connectivity index (χ0v) is 20.5. The van der Waals surface area contributed by atoms with Crippen LogP contribution in [0.3, 0.4) is 0 Å². The second kappa shape index (κ2) is 10.1. The van der Waals surface area contributed by atoms with E-state index in [-0.39, 0.29) is 5.25 Å². The van der Waals surface area contributed by atoms with Crippen LogP contribution in [0.15, 0.2) is 78.9 Å². The Hall–Kier alpha value is -2.59. The normalized spacial score (nSPS) is 13.0. The van der Waals surface area contributed by atoms with E-state index in [9.17, 15) is 5.11 Å². The third kappa shape index (κ3) is 6.05. The average Bonchev–Trinajstić information content (AvgIpc) is 2.80. The SMILES string of the molecule is CC(C)(O)c1ccccc1CCC(S)c1cccc(C=Cc2ccc3ccc(Cl)cc3n2)c1. The maximum absolute atomic E-state index is 10.5. The molecule has 0 fully saturated rings. The number of aromatic nitrogens is 1. The van der Waals surface area contributed by atoms with Crippen molar-refractivity contribution < 1.29 is 5.11 Å². The molecule has 0 aliphatic heterocycles. The number of thiol groups is 1. The summed E-state index contributed by atoms with van der Waals surface area (Å²) in [5, 5.41) is 12.3. The van der Waals surface area contributed by atoms with Crippen molar-refractivity contribution in [3.63, 3.8) is 0 Å². The number of benzene rings is 3. The monoisotopic (exact) mass is 473 g/mol. The van der Waals surface area contributed by atoms with Crippen LogP contribution < -0.4 is 0 Å². The smallest absolute Gasteiger partial charge is 0.0843 e. The summed E-state index contributed by atoms with van der Waals surface area (Å²) in [4.78, 5) is 4.69. The molecule has 1 unspecified atom stereocenters. The highest BCUT2D eigenvalue weighted by Crippen LogP contribution is 2.30. The quantitative estimate of drug-likeness (QED) is 0.267. The summed E-state index contributed by atoms with van der Waals surface area (Å²) in [7, 11) is 0. The lowest BCUT2D eigenvalue weighted by Crippen LogP contribution is -2.18. The van der Waals surface area contributed by atoms with Crippen molar-refractivity contribution in [2.45, 2.75) is 37.5 Å². The molecule has 33 heavy (non-hydrogen) atoms. The lowest BCUT2D eigenvalue weighted by atomic mass is 9.90. The number of halogens is 1. The third-order valence-corrected chi connectivity index (χ3v) is 6.57. The Bertz CT molecular complexity index is 1290. The van der Waals surface area contributed by atoms with Crippen LogP contribution in [-0.2, 0) is 12.0 Å². The first-order chi connectivity index (χ1) is 15.8. The summed E-state index contributed by atoms with van der Waals surface area (Å²) in [5.74, 6) is 0. The Morgan fingerprint density at radius 1 is 0.970 bits per heavy atom. The standard InChI is InChI=1S/C29H28ClNOS/c1-29(2,32)26-9-4-3-7-21(26)13-17-28(33)23-8-5-6-20(18-23)10-15-25-16-12-22-11-14-24(30)19-27(22)31-25/h3-12,14-16,18-19,28,32-33H,13,17H2,1-2H3. The molecule has 0 saturated heterocycles. The van der Waals surface area contributed by atoms with Crippen molar-refractivity contribution in [1.29, 1.82) is 0 Å². The maximum Gasteiger partial charge on any atom is 0.0843 e. The molecule has 1 heterocycles. The van der Waals surface area contributed by atoms with E-state index in [1.165, 1.54) is 11.1 Å². The first kappa shape index (κ1) is 23.6. The van der Waals surface area contributed by atoms with Crippen molar-refractivity contribution in [2.24, 2.45) is 0 Å². The predicted octanol–water partition coefficient (Wildman–Crippen LogP) is 7.89. The van der Waals surface area contributed by atoms with Crippen LogP contribution in [0, 0.1) is 0 Å². The first-order valence-corrected chi connectivity index (χ1v) is 12.0. The molecule has 0 amide bonds. The van der Waals surface area contributed by atoms with Crippen molar-refractivity contribution in [3.8, 4) is 0 Å². The molecule has 0 spiro atoms. The highest BCUT2D eigenvalue weighted by atomic mass is 35.5. The highest BCUT2D eigenvalue weighted by molar-refractivity contribution is 7.80. The van der Waals surface area contributed by atoms with E-state index in [1.54, 1.807) is 0 Å². The summed E-state index contributed by atoms with van der Waals surface area (Å²) in [6.45, 7) is 3.66. The molecule has 4 aromatic rings. The number of hydrogen-bond acceptors (Lipinski definition) is 3. The van der Waals surface area contributed by atoms with Gasteiger partial charge in [-0.2, -0.15) is 12.6 Å². The van der Waals surface area contributed by atoms with Crippen molar-refractivity contribution in [2.75, 3.05) is 0 Å². The number of fused-ring (bicyclic) bond motifs is 1. The largest absolute Gasteiger partial charge is 0.386 e. The van der Waals surface area contributed by atoms with E-state index in [0.29, 0.717) is 5.02 Å². The molecular weight excluding hydrogens is 446 g/mol. The third-order valence-electron chi connectivity index (χ3n) is 5.78. The zero-order chi connectivity index (χ0) is 23.4. The minimum Gasteiger partial charge on any atom is -0.386 e. The van der Waals surface area contributed by atoms with E-state index >= 15 is 0 Å². The van der Waals surface area contributed by atoms with Crippen LogP contribution in [0.1, 0.15) is 53.5 Å². The second-order valence-corrected chi connectivity index (χ2v) is 9.91. The average molecular weight is 474 g/mol. The second-order valence-electron chi connectivity index (χ2n) is 8.85. The van der Waals surface area contributed by atoms with Crippen LogP contribution in [-0.4, -0.2) is 10.1 Å². The fourth-order valence-corrected chi connectivity index (χ4v) is 4.50. The number of pyridine rings is 1. The molecule has 168 valence electrons. The van der Waals surface area contributed by atoms with Gasteiger partial charge < -0.3 is 5.11 Å². The van der Waals surface area contributed by atoms with E-state index in [1.807, 2.05) is 62.4 Å². The van der Waals surface area contributed by atoms with E-state index in [2.05, 4.69) is 42.5 Å². The number of aliphatic hydroxyl groups is 1. The van der Waals surface area contributed by atoms with Gasteiger partial charge in [0.25, 0.3) is 0 Å². The molecule has 0 aliphatic carbocycles. The number of hydrogen-bond donors (Lipinski definition) is 2. The molecule has 4 heteroatoms. The fourth-order valence-electron chi connectivity index (χ4n) is 4.04. The minimum absolute atomic E-state index is 0.106. The van der Waals surface area contributed by atoms with Gasteiger partial charge >= 0.3 is 0 Å². The molecule has 1 N–H and O–H groups in total. The van der Waals surface area contributed by atoms with Gasteiger partial charge in [-0.3, -0.25) is 0 Å². The van der Waals surface area contributed by atoms with Crippen molar-refractivity contribution in [1.82, 2.24) is 4.98 Å². The lowest BCUT2D eigenvalue weighted by Gasteiger charge is -2.22. The van der Waals surface area contributed by atoms with E-state index in [0.717, 1.165) is 40.6 Å². The molecule has 2 nitrogen and oxygen atoms in total. The minimum atomic E-state index is -0.852. The van der Waals surface area contributed by atoms with Crippen LogP contribution in [0.2, 0.25) is 5.02 Å². The Balaban J connectivity index is 1.47. The molecule has 0 bridgehead atoms. The summed E-state index contributed by atoms with van der Waals surface area (Å²) < 4.78 is 0. The van der Waals surface area contributed by atoms with Gasteiger partial charge in [0.15, 0.2) is 0 Å². The van der Waals surface area contributed by atoms with E-state index in [4.69, 9.17) is 29.2 Å². The summed E-state index contributed by atoms with van der Waals surface area (Å²) in [6.07, 6.45) is 5.84. The Morgan fingerprint density at radius 2 is 1.76 bits per heavy atom. The van der Waals surface area contributed by atoms with Crippen LogP contribution in [0.5, 0.6) is 0 Å². The molecule has 0 saturated carbocycles. The van der Waals surface area contributed by atoms with Crippen molar-refractivity contribution in [3.05, 3.63) is 112 Å². The van der Waals surface area contributed by atoms with Crippen molar-refractivity contribution >= 4 is 47.3 Å². The van der Waals surface area contributed by atoms with E-state index < -0.39 is 5.60 Å². The molecule has 0 radical (unpaired) electrons. The van der Waals surface area contributed by atoms with Gasteiger partial charge in [-0.05, 0) is 73.2 Å². The molecule has 3 aromatic carbocycles. The van der Waals surface area contributed by atoms with Gasteiger partial charge in [-0.1, -0.05) is 78.3 Å². The molecule has 0 aliphatic rings. The van der Waals surface area contributed by atoms with Gasteiger partial charge in [0.05, 0.1) is 16.8 Å². The van der Waals surface area contributed by atoms with Crippen LogP contribution in [0.4, 0.5) is 0 Å². The zero-order valence-electron chi connectivity index (χ0n) is 18.9. The Morgan fingerprint density at radius 3 is 2.58 bits per heavy atom. The molecule has 1 aromatic heterocycles. The first-order valence-electron chi connectivity index (χ1n) is 11.1. The number of nitrogens with zero attached hydrogens (tertiary/aromatic N) is 1. The van der Waals surface area contributed by atoms with Gasteiger partial charge in [0.2, 0.25) is 0 Å². The Kier molecular flexibility index (Phi) is 7.23. The van der Waals surface area contributed by atoms with Gasteiger partial charge in [0.1, 0.15) is 0 Å².